The van der Waals surface area contributed by atoms with E-state index in [0.29, 0.717) is 43.5 Å². The SMILES string of the molecule is CN(C)c1nc2c(c(=O)[nH]1)CCN(Cc1cc(F)c(F)cc1F)CC2. The third kappa shape index (κ3) is 3.68. The van der Waals surface area contributed by atoms with Crippen LogP contribution in [0.4, 0.5) is 19.1 Å². The van der Waals surface area contributed by atoms with Gasteiger partial charge in [0.15, 0.2) is 11.6 Å². The second-order valence-corrected chi connectivity index (χ2v) is 6.34. The molecule has 0 unspecified atom stereocenters. The molecule has 0 atom stereocenters. The van der Waals surface area contributed by atoms with Crippen molar-refractivity contribution in [2.24, 2.45) is 0 Å². The second-order valence-electron chi connectivity index (χ2n) is 6.34. The van der Waals surface area contributed by atoms with Crippen LogP contribution < -0.4 is 10.5 Å². The normalized spacial score (nSPS) is 14.9. The maximum absolute atomic E-state index is 13.8. The van der Waals surface area contributed by atoms with Crippen LogP contribution in [0.15, 0.2) is 16.9 Å². The molecule has 1 aromatic heterocycles. The van der Waals surface area contributed by atoms with E-state index in [2.05, 4.69) is 9.97 Å². The van der Waals surface area contributed by atoms with Gasteiger partial charge in [0.1, 0.15) is 5.82 Å². The van der Waals surface area contributed by atoms with Crippen molar-refractivity contribution < 1.29 is 13.2 Å². The zero-order valence-electron chi connectivity index (χ0n) is 14.1. The number of nitrogens with zero attached hydrogens (tertiary/aromatic N) is 3. The first kappa shape index (κ1) is 17.5. The van der Waals surface area contributed by atoms with E-state index in [4.69, 9.17) is 0 Å². The summed E-state index contributed by atoms with van der Waals surface area (Å²) in [6, 6.07) is 1.45. The van der Waals surface area contributed by atoms with E-state index < -0.39 is 17.5 Å². The van der Waals surface area contributed by atoms with Crippen molar-refractivity contribution in [1.82, 2.24) is 14.9 Å². The van der Waals surface area contributed by atoms with Crippen LogP contribution in [0, 0.1) is 17.5 Å². The summed E-state index contributed by atoms with van der Waals surface area (Å²) >= 11 is 0. The summed E-state index contributed by atoms with van der Waals surface area (Å²) in [6.07, 6.45) is 1.00. The van der Waals surface area contributed by atoms with Crippen LogP contribution in [0.3, 0.4) is 0 Å². The Morgan fingerprint density at radius 2 is 1.80 bits per heavy atom. The van der Waals surface area contributed by atoms with Crippen molar-refractivity contribution in [2.75, 3.05) is 32.1 Å². The van der Waals surface area contributed by atoms with Crippen LogP contribution in [0.5, 0.6) is 0 Å². The molecule has 0 bridgehead atoms. The van der Waals surface area contributed by atoms with Crippen LogP contribution in [0.25, 0.3) is 0 Å². The van der Waals surface area contributed by atoms with Crippen molar-refractivity contribution in [3.8, 4) is 0 Å². The number of benzene rings is 1. The highest BCUT2D eigenvalue weighted by Crippen LogP contribution is 2.18. The lowest BCUT2D eigenvalue weighted by Gasteiger charge is -2.20. The van der Waals surface area contributed by atoms with Gasteiger partial charge in [-0.05, 0) is 12.5 Å². The van der Waals surface area contributed by atoms with Gasteiger partial charge in [0.05, 0.1) is 5.69 Å². The molecule has 1 aromatic carbocycles. The zero-order chi connectivity index (χ0) is 18.1. The summed E-state index contributed by atoms with van der Waals surface area (Å²) in [4.78, 5) is 23.1. The fourth-order valence-electron chi connectivity index (χ4n) is 2.94. The first-order valence-corrected chi connectivity index (χ1v) is 8.00. The molecular weight excluding hydrogens is 333 g/mol. The van der Waals surface area contributed by atoms with Crippen LogP contribution >= 0.6 is 0 Å². The molecule has 0 saturated carbocycles. The van der Waals surface area contributed by atoms with Gasteiger partial charge in [-0.2, -0.15) is 0 Å². The Morgan fingerprint density at radius 3 is 2.52 bits per heavy atom. The largest absolute Gasteiger partial charge is 0.348 e. The Bertz CT molecular complexity index is 851. The average Bonchev–Trinajstić information content (AvgIpc) is 2.75. The molecule has 1 aliphatic rings. The first-order chi connectivity index (χ1) is 11.8. The van der Waals surface area contributed by atoms with Gasteiger partial charge in [-0.15, -0.1) is 0 Å². The summed E-state index contributed by atoms with van der Waals surface area (Å²) in [5.74, 6) is -2.55. The molecule has 3 rings (SSSR count). The van der Waals surface area contributed by atoms with Crippen LogP contribution in [-0.4, -0.2) is 42.1 Å². The first-order valence-electron chi connectivity index (χ1n) is 8.00. The van der Waals surface area contributed by atoms with E-state index in [1.165, 1.54) is 0 Å². The summed E-state index contributed by atoms with van der Waals surface area (Å²) in [6.45, 7) is 1.21. The molecule has 0 spiro atoms. The molecule has 0 saturated heterocycles. The Kier molecular flexibility index (Phi) is 4.80. The van der Waals surface area contributed by atoms with E-state index in [-0.39, 0.29) is 17.7 Å². The highest BCUT2D eigenvalue weighted by molar-refractivity contribution is 5.32. The summed E-state index contributed by atoms with van der Waals surface area (Å²) in [7, 11) is 3.58. The monoisotopic (exact) mass is 352 g/mol. The molecule has 0 aliphatic carbocycles. The number of rotatable bonds is 3. The summed E-state index contributed by atoms with van der Waals surface area (Å²) in [5, 5.41) is 0. The Balaban J connectivity index is 1.80. The minimum absolute atomic E-state index is 0.0979. The Hall–Kier alpha value is -2.35. The maximum Gasteiger partial charge on any atom is 0.255 e. The highest BCUT2D eigenvalue weighted by Gasteiger charge is 2.20. The molecule has 8 heteroatoms. The van der Waals surface area contributed by atoms with E-state index >= 15 is 0 Å². The third-order valence-electron chi connectivity index (χ3n) is 4.34. The van der Waals surface area contributed by atoms with Gasteiger partial charge >= 0.3 is 0 Å². The highest BCUT2D eigenvalue weighted by atomic mass is 19.2. The number of hydrogen-bond donors (Lipinski definition) is 1. The molecule has 5 nitrogen and oxygen atoms in total. The van der Waals surface area contributed by atoms with E-state index in [1.54, 1.807) is 19.0 Å². The number of fused-ring (bicyclic) bond motifs is 1. The molecule has 1 N–H and O–H groups in total. The fraction of sp³-hybridized carbons (Fsp3) is 0.412. The average molecular weight is 352 g/mol. The lowest BCUT2D eigenvalue weighted by Crippen LogP contribution is -2.27. The second kappa shape index (κ2) is 6.87. The number of nitrogens with one attached hydrogen (secondary N) is 1. The topological polar surface area (TPSA) is 52.2 Å². The number of hydrogen-bond acceptors (Lipinski definition) is 4. The van der Waals surface area contributed by atoms with Crippen LogP contribution in [0.1, 0.15) is 16.8 Å². The molecule has 0 amide bonds. The number of anilines is 1. The predicted molar refractivity (Wildman–Crippen MR) is 88.2 cm³/mol. The van der Waals surface area contributed by atoms with E-state index in [9.17, 15) is 18.0 Å². The van der Waals surface area contributed by atoms with Crippen LogP contribution in [-0.2, 0) is 19.4 Å². The lowest BCUT2D eigenvalue weighted by molar-refractivity contribution is 0.273. The van der Waals surface area contributed by atoms with Crippen molar-refractivity contribution in [2.45, 2.75) is 19.4 Å². The molecule has 25 heavy (non-hydrogen) atoms. The van der Waals surface area contributed by atoms with Gasteiger partial charge in [-0.3, -0.25) is 14.7 Å². The lowest BCUT2D eigenvalue weighted by atomic mass is 10.1. The van der Waals surface area contributed by atoms with Crippen molar-refractivity contribution in [3.63, 3.8) is 0 Å². The molecule has 2 heterocycles. The molecule has 1 aliphatic heterocycles. The van der Waals surface area contributed by atoms with E-state index in [1.807, 2.05) is 4.90 Å². The summed E-state index contributed by atoms with van der Waals surface area (Å²) in [5.41, 5.74) is 1.27. The summed E-state index contributed by atoms with van der Waals surface area (Å²) < 4.78 is 40.3. The van der Waals surface area contributed by atoms with Gasteiger partial charge in [0.2, 0.25) is 5.95 Å². The smallest absolute Gasteiger partial charge is 0.255 e. The molecular formula is C17H19F3N4O. The minimum atomic E-state index is -1.20. The Morgan fingerprint density at radius 1 is 1.12 bits per heavy atom. The minimum Gasteiger partial charge on any atom is -0.348 e. The van der Waals surface area contributed by atoms with Gasteiger partial charge in [0.25, 0.3) is 5.56 Å². The molecule has 0 fully saturated rings. The fourth-order valence-corrected chi connectivity index (χ4v) is 2.94. The molecule has 134 valence electrons. The number of aromatic amines is 1. The predicted octanol–water partition coefficient (Wildman–Crippen LogP) is 1.85. The number of aromatic nitrogens is 2. The number of halogens is 3. The van der Waals surface area contributed by atoms with Crippen LogP contribution in [0.2, 0.25) is 0 Å². The number of H-pyrrole nitrogens is 1. The maximum atomic E-state index is 13.8. The Labute approximate surface area is 143 Å². The van der Waals surface area contributed by atoms with Crippen molar-refractivity contribution in [1.29, 1.82) is 0 Å². The van der Waals surface area contributed by atoms with E-state index in [0.717, 1.165) is 11.8 Å². The quantitative estimate of drug-likeness (QED) is 0.857. The van der Waals surface area contributed by atoms with Gasteiger partial charge < -0.3 is 4.90 Å². The van der Waals surface area contributed by atoms with Gasteiger partial charge in [-0.25, -0.2) is 18.2 Å². The standard InChI is InChI=1S/C17H19F3N4O/c1-23(2)17-21-15-4-6-24(5-3-11(15)16(25)22-17)9-10-7-13(19)14(20)8-12(10)18/h7-8H,3-6,9H2,1-2H3,(H,21,22,25). The zero-order valence-corrected chi connectivity index (χ0v) is 14.1. The van der Waals surface area contributed by atoms with Gasteiger partial charge in [-0.1, -0.05) is 0 Å². The molecule has 2 aromatic rings. The third-order valence-corrected chi connectivity index (χ3v) is 4.34. The van der Waals surface area contributed by atoms with Crippen molar-refractivity contribution in [3.05, 3.63) is 56.8 Å². The van der Waals surface area contributed by atoms with Gasteiger partial charge in [0, 0.05) is 57.3 Å². The molecule has 0 radical (unpaired) electrons. The van der Waals surface area contributed by atoms with Crippen molar-refractivity contribution >= 4 is 5.95 Å².